The summed E-state index contributed by atoms with van der Waals surface area (Å²) in [6.07, 6.45) is 1.73. The van der Waals surface area contributed by atoms with E-state index in [0.717, 1.165) is 38.2 Å². The largest absolute Gasteiger partial charge is 0.493 e. The molecule has 1 heterocycles. The van der Waals surface area contributed by atoms with Crippen LogP contribution in [0.3, 0.4) is 0 Å². The van der Waals surface area contributed by atoms with Crippen molar-refractivity contribution in [1.29, 1.82) is 0 Å². The summed E-state index contributed by atoms with van der Waals surface area (Å²) < 4.78 is 31.2. The first kappa shape index (κ1) is 25.0. The van der Waals surface area contributed by atoms with E-state index in [9.17, 15) is 13.2 Å². The van der Waals surface area contributed by atoms with Gasteiger partial charge in [0.25, 0.3) is 5.91 Å². The van der Waals surface area contributed by atoms with Gasteiger partial charge in [0.1, 0.15) is 5.75 Å². The van der Waals surface area contributed by atoms with Crippen LogP contribution in [0.15, 0.2) is 48.5 Å². The van der Waals surface area contributed by atoms with Gasteiger partial charge in [0.05, 0.1) is 12.9 Å². The van der Waals surface area contributed by atoms with Crippen LogP contribution in [-0.4, -0.2) is 76.3 Å². The maximum absolute atomic E-state index is 12.4. The van der Waals surface area contributed by atoms with Gasteiger partial charge in [-0.05, 0) is 44.7 Å². The molecule has 2 aromatic carbocycles. The van der Waals surface area contributed by atoms with Crippen LogP contribution < -0.4 is 14.8 Å². The first-order valence-electron chi connectivity index (χ1n) is 11.2. The summed E-state index contributed by atoms with van der Waals surface area (Å²) in [7, 11) is -1.22. The van der Waals surface area contributed by atoms with Crippen molar-refractivity contribution < 1.29 is 17.9 Å². The number of rotatable bonds is 10. The van der Waals surface area contributed by atoms with E-state index in [2.05, 4.69) is 39.9 Å². The number of para-hydroxylation sites is 1. The molecule has 1 unspecified atom stereocenters. The Morgan fingerprint density at radius 3 is 2.70 bits per heavy atom. The number of nitrogens with zero attached hydrogens (tertiary/aromatic N) is 2. The standard InChI is InChI=1S/C24H34N4O4S/c1-19-17-28(14-13-27(19)2)18-21-8-4-5-11-23(21)32-15-7-12-25-24(29)20-9-6-10-22(16-20)26-33(3,30)31/h4-6,8-11,16,19,26H,7,12-15,17-18H2,1-3H3,(H,25,29). The number of hydrogen-bond donors (Lipinski definition) is 2. The number of nitrogens with one attached hydrogen (secondary N) is 2. The van der Waals surface area contributed by atoms with Crippen LogP contribution >= 0.6 is 0 Å². The maximum atomic E-state index is 12.4. The Balaban J connectivity index is 1.44. The van der Waals surface area contributed by atoms with Crippen LogP contribution in [0.2, 0.25) is 0 Å². The van der Waals surface area contributed by atoms with E-state index < -0.39 is 10.0 Å². The number of sulfonamides is 1. The van der Waals surface area contributed by atoms with Gasteiger partial charge < -0.3 is 15.0 Å². The van der Waals surface area contributed by atoms with Crippen molar-refractivity contribution in [3.8, 4) is 5.75 Å². The van der Waals surface area contributed by atoms with Gasteiger partial charge in [-0.25, -0.2) is 8.42 Å². The minimum atomic E-state index is -3.39. The summed E-state index contributed by atoms with van der Waals surface area (Å²) in [4.78, 5) is 17.2. The molecule has 1 aliphatic rings. The Bertz CT molecular complexity index is 1040. The molecular weight excluding hydrogens is 440 g/mol. The maximum Gasteiger partial charge on any atom is 0.251 e. The average Bonchev–Trinajstić information content (AvgIpc) is 2.76. The fourth-order valence-electron chi connectivity index (χ4n) is 3.78. The third-order valence-corrected chi connectivity index (χ3v) is 6.31. The number of likely N-dealkylation sites (N-methyl/N-ethyl adjacent to an activating group) is 1. The van der Waals surface area contributed by atoms with E-state index in [1.165, 1.54) is 11.6 Å². The number of carbonyl (C=O) groups is 1. The van der Waals surface area contributed by atoms with Gasteiger partial charge in [0.2, 0.25) is 10.0 Å². The quantitative estimate of drug-likeness (QED) is 0.514. The van der Waals surface area contributed by atoms with Crippen molar-refractivity contribution in [2.24, 2.45) is 0 Å². The van der Waals surface area contributed by atoms with E-state index in [4.69, 9.17) is 4.74 Å². The van der Waals surface area contributed by atoms with Crippen LogP contribution in [0, 0.1) is 0 Å². The average molecular weight is 475 g/mol. The zero-order chi connectivity index (χ0) is 23.8. The van der Waals surface area contributed by atoms with Crippen LogP contribution in [0.1, 0.15) is 29.3 Å². The van der Waals surface area contributed by atoms with Crippen molar-refractivity contribution in [1.82, 2.24) is 15.1 Å². The normalized spacial score (nSPS) is 17.5. The molecule has 0 aromatic heterocycles. The first-order chi connectivity index (χ1) is 15.7. The molecule has 0 saturated carbocycles. The molecule has 8 nitrogen and oxygen atoms in total. The summed E-state index contributed by atoms with van der Waals surface area (Å²) >= 11 is 0. The second-order valence-electron chi connectivity index (χ2n) is 8.59. The highest BCUT2D eigenvalue weighted by atomic mass is 32.2. The van der Waals surface area contributed by atoms with Crippen molar-refractivity contribution in [2.75, 3.05) is 50.8 Å². The SMILES string of the molecule is CC1CN(Cc2ccccc2OCCCNC(=O)c2cccc(NS(C)(=O)=O)c2)CCN1C. The predicted molar refractivity (Wildman–Crippen MR) is 131 cm³/mol. The van der Waals surface area contributed by atoms with Gasteiger partial charge in [-0.3, -0.25) is 14.4 Å². The van der Waals surface area contributed by atoms with E-state index >= 15 is 0 Å². The Labute approximate surface area is 197 Å². The molecule has 3 rings (SSSR count). The number of hydrogen-bond acceptors (Lipinski definition) is 6. The topological polar surface area (TPSA) is 91.0 Å². The summed E-state index contributed by atoms with van der Waals surface area (Å²) in [5.41, 5.74) is 1.93. The third kappa shape index (κ3) is 8.03. The van der Waals surface area contributed by atoms with E-state index in [0.29, 0.717) is 36.9 Å². The molecule has 0 aliphatic carbocycles. The highest BCUT2D eigenvalue weighted by molar-refractivity contribution is 7.92. The van der Waals surface area contributed by atoms with E-state index in [-0.39, 0.29) is 5.91 Å². The molecule has 9 heteroatoms. The molecule has 1 aliphatic heterocycles. The molecule has 2 aromatic rings. The lowest BCUT2D eigenvalue weighted by Crippen LogP contribution is -2.49. The van der Waals surface area contributed by atoms with Crippen molar-refractivity contribution in [3.05, 3.63) is 59.7 Å². The second-order valence-corrected chi connectivity index (χ2v) is 10.3. The van der Waals surface area contributed by atoms with E-state index in [1.807, 2.05) is 18.2 Å². The summed E-state index contributed by atoms with van der Waals surface area (Å²) in [5.74, 6) is 0.631. The Kier molecular flexibility index (Phi) is 8.71. The predicted octanol–water partition coefficient (Wildman–Crippen LogP) is 2.39. The van der Waals surface area contributed by atoms with Crippen molar-refractivity contribution in [3.63, 3.8) is 0 Å². The summed E-state index contributed by atoms with van der Waals surface area (Å²) in [5, 5.41) is 2.86. The van der Waals surface area contributed by atoms with Gasteiger partial charge in [-0.15, -0.1) is 0 Å². The molecule has 1 fully saturated rings. The monoisotopic (exact) mass is 474 g/mol. The molecule has 33 heavy (non-hydrogen) atoms. The molecular formula is C24H34N4O4S. The lowest BCUT2D eigenvalue weighted by Gasteiger charge is -2.37. The fraction of sp³-hybridized carbons (Fsp3) is 0.458. The molecule has 1 atom stereocenters. The highest BCUT2D eigenvalue weighted by Gasteiger charge is 2.21. The lowest BCUT2D eigenvalue weighted by molar-refractivity contribution is 0.0950. The number of amides is 1. The molecule has 1 amide bonds. The molecule has 2 N–H and O–H groups in total. The van der Waals surface area contributed by atoms with Crippen LogP contribution in [0.4, 0.5) is 5.69 Å². The summed E-state index contributed by atoms with van der Waals surface area (Å²) in [6.45, 7) is 7.22. The van der Waals surface area contributed by atoms with Crippen LogP contribution in [0.5, 0.6) is 5.75 Å². The molecule has 1 saturated heterocycles. The van der Waals surface area contributed by atoms with Gasteiger partial charge in [-0.2, -0.15) is 0 Å². The third-order valence-electron chi connectivity index (χ3n) is 5.70. The molecule has 180 valence electrons. The molecule has 0 bridgehead atoms. The van der Waals surface area contributed by atoms with Crippen LogP contribution in [0.25, 0.3) is 0 Å². The fourth-order valence-corrected chi connectivity index (χ4v) is 4.34. The molecule has 0 spiro atoms. The number of anilines is 1. The highest BCUT2D eigenvalue weighted by Crippen LogP contribution is 2.21. The van der Waals surface area contributed by atoms with Crippen molar-refractivity contribution in [2.45, 2.75) is 25.9 Å². The number of benzene rings is 2. The summed E-state index contributed by atoms with van der Waals surface area (Å²) in [6, 6.07) is 15.1. The van der Waals surface area contributed by atoms with E-state index in [1.54, 1.807) is 18.2 Å². The number of ether oxygens (including phenoxy) is 1. The zero-order valence-corrected chi connectivity index (χ0v) is 20.4. The van der Waals surface area contributed by atoms with Crippen molar-refractivity contribution >= 4 is 21.6 Å². The number of piperazine rings is 1. The second kappa shape index (κ2) is 11.5. The lowest BCUT2D eigenvalue weighted by atomic mass is 10.1. The van der Waals surface area contributed by atoms with Gasteiger partial charge in [0, 0.05) is 55.6 Å². The Morgan fingerprint density at radius 1 is 1.15 bits per heavy atom. The van der Waals surface area contributed by atoms with Gasteiger partial charge >= 0.3 is 0 Å². The van der Waals surface area contributed by atoms with Gasteiger partial charge in [0.15, 0.2) is 0 Å². The Morgan fingerprint density at radius 2 is 1.94 bits per heavy atom. The smallest absolute Gasteiger partial charge is 0.251 e. The Hall–Kier alpha value is -2.62. The molecule has 0 radical (unpaired) electrons. The minimum absolute atomic E-state index is 0.253. The minimum Gasteiger partial charge on any atom is -0.493 e. The number of carbonyl (C=O) groups excluding carboxylic acids is 1. The first-order valence-corrected chi connectivity index (χ1v) is 13.1. The van der Waals surface area contributed by atoms with Gasteiger partial charge in [-0.1, -0.05) is 24.3 Å². The van der Waals surface area contributed by atoms with Crippen LogP contribution in [-0.2, 0) is 16.6 Å². The zero-order valence-electron chi connectivity index (χ0n) is 19.6.